The van der Waals surface area contributed by atoms with E-state index >= 15 is 0 Å². The van der Waals surface area contributed by atoms with Gasteiger partial charge in [0.1, 0.15) is 6.54 Å². The molecule has 1 fully saturated rings. The molecule has 0 aliphatic carbocycles. The number of aromatic nitrogens is 2. The normalized spacial score (nSPS) is 15.6. The lowest BCUT2D eigenvalue weighted by molar-refractivity contribution is -0.142. The standard InChI is InChI=1S/C19H20F3N3O3/c1-12-9-16(19(20,21)22)23-25(12)11-17(26)24-7-5-13(6-8-24)14-3-2-4-15(10-14)18(27)28/h2-4,9-10,13H,5-8,11H2,1H3,(H,27,28). The van der Waals surface area contributed by atoms with Gasteiger partial charge in [-0.05, 0) is 49.4 Å². The van der Waals surface area contributed by atoms with E-state index in [1.54, 1.807) is 17.0 Å². The van der Waals surface area contributed by atoms with Crippen molar-refractivity contribution in [3.05, 3.63) is 52.8 Å². The fourth-order valence-electron chi connectivity index (χ4n) is 3.42. The van der Waals surface area contributed by atoms with E-state index in [1.807, 2.05) is 6.07 Å². The minimum atomic E-state index is -4.54. The number of hydrogen-bond acceptors (Lipinski definition) is 3. The molecule has 0 spiro atoms. The number of aromatic carboxylic acids is 1. The Morgan fingerprint density at radius 3 is 2.46 bits per heavy atom. The van der Waals surface area contributed by atoms with Crippen LogP contribution >= 0.6 is 0 Å². The zero-order valence-electron chi connectivity index (χ0n) is 15.2. The van der Waals surface area contributed by atoms with Crippen LogP contribution in [0.4, 0.5) is 13.2 Å². The van der Waals surface area contributed by atoms with Crippen LogP contribution in [0.15, 0.2) is 30.3 Å². The Labute approximate surface area is 159 Å². The molecule has 2 heterocycles. The third kappa shape index (κ3) is 4.35. The lowest BCUT2D eigenvalue weighted by atomic mass is 9.88. The molecule has 1 aromatic carbocycles. The van der Waals surface area contributed by atoms with Crippen LogP contribution < -0.4 is 0 Å². The Morgan fingerprint density at radius 1 is 1.21 bits per heavy atom. The quantitative estimate of drug-likeness (QED) is 0.862. The topological polar surface area (TPSA) is 75.4 Å². The van der Waals surface area contributed by atoms with Crippen molar-refractivity contribution < 1.29 is 27.9 Å². The van der Waals surface area contributed by atoms with E-state index in [0.29, 0.717) is 25.9 Å². The first-order valence-electron chi connectivity index (χ1n) is 8.88. The summed E-state index contributed by atoms with van der Waals surface area (Å²) in [6.45, 7) is 2.18. The Kier molecular flexibility index (Phi) is 5.44. The number of carboxylic acids is 1. The van der Waals surface area contributed by atoms with E-state index in [2.05, 4.69) is 5.10 Å². The molecule has 6 nitrogen and oxygen atoms in total. The Morgan fingerprint density at radius 2 is 1.89 bits per heavy atom. The van der Waals surface area contributed by atoms with Gasteiger partial charge in [0.05, 0.1) is 5.56 Å². The average Bonchev–Trinajstić information content (AvgIpc) is 3.03. The van der Waals surface area contributed by atoms with Gasteiger partial charge in [0.25, 0.3) is 0 Å². The van der Waals surface area contributed by atoms with Gasteiger partial charge in [-0.2, -0.15) is 18.3 Å². The van der Waals surface area contributed by atoms with Crippen molar-refractivity contribution in [1.29, 1.82) is 0 Å². The largest absolute Gasteiger partial charge is 0.478 e. The molecular weight excluding hydrogens is 375 g/mol. The van der Waals surface area contributed by atoms with E-state index in [-0.39, 0.29) is 29.6 Å². The minimum absolute atomic E-state index is 0.145. The van der Waals surface area contributed by atoms with Crippen molar-refractivity contribution in [3.8, 4) is 0 Å². The maximum atomic E-state index is 12.7. The highest BCUT2D eigenvalue weighted by atomic mass is 19.4. The number of rotatable bonds is 4. The molecular formula is C19H20F3N3O3. The summed E-state index contributed by atoms with van der Waals surface area (Å²) in [5, 5.41) is 12.6. The minimum Gasteiger partial charge on any atom is -0.478 e. The van der Waals surface area contributed by atoms with Crippen molar-refractivity contribution in [2.45, 2.75) is 38.4 Å². The molecule has 1 aliphatic rings. The molecule has 0 atom stereocenters. The number of hydrogen-bond donors (Lipinski definition) is 1. The smallest absolute Gasteiger partial charge is 0.435 e. The molecule has 28 heavy (non-hydrogen) atoms. The summed E-state index contributed by atoms with van der Waals surface area (Å²) in [5.74, 6) is -1.12. The number of amides is 1. The lowest BCUT2D eigenvalue weighted by Crippen LogP contribution is -2.40. The average molecular weight is 395 g/mol. The van der Waals surface area contributed by atoms with Crippen LogP contribution in [0.25, 0.3) is 0 Å². The second-order valence-corrected chi connectivity index (χ2v) is 6.91. The van der Waals surface area contributed by atoms with Crippen LogP contribution in [-0.2, 0) is 17.5 Å². The number of piperidine rings is 1. The lowest BCUT2D eigenvalue weighted by Gasteiger charge is -2.32. The van der Waals surface area contributed by atoms with Crippen LogP contribution in [-0.4, -0.2) is 44.8 Å². The van der Waals surface area contributed by atoms with Crippen molar-refractivity contribution in [2.75, 3.05) is 13.1 Å². The maximum Gasteiger partial charge on any atom is 0.435 e. The zero-order chi connectivity index (χ0) is 20.5. The molecule has 1 amide bonds. The van der Waals surface area contributed by atoms with E-state index < -0.39 is 17.8 Å². The van der Waals surface area contributed by atoms with Crippen molar-refractivity contribution in [1.82, 2.24) is 14.7 Å². The first kappa shape index (κ1) is 19.9. The zero-order valence-corrected chi connectivity index (χ0v) is 15.2. The van der Waals surface area contributed by atoms with Crippen LogP contribution in [0.3, 0.4) is 0 Å². The van der Waals surface area contributed by atoms with E-state index in [1.165, 1.54) is 13.0 Å². The van der Waals surface area contributed by atoms with Gasteiger partial charge in [-0.1, -0.05) is 12.1 Å². The fourth-order valence-corrected chi connectivity index (χ4v) is 3.42. The number of likely N-dealkylation sites (tertiary alicyclic amines) is 1. The number of nitrogens with zero attached hydrogens (tertiary/aromatic N) is 3. The number of carbonyl (C=O) groups is 2. The number of carbonyl (C=O) groups excluding carboxylic acids is 1. The highest BCUT2D eigenvalue weighted by Gasteiger charge is 2.35. The predicted octanol–water partition coefficient (Wildman–Crippen LogP) is 3.31. The van der Waals surface area contributed by atoms with Gasteiger partial charge in [-0.15, -0.1) is 0 Å². The Hall–Kier alpha value is -2.84. The number of alkyl halides is 3. The van der Waals surface area contributed by atoms with Gasteiger partial charge in [0.15, 0.2) is 5.69 Å². The highest BCUT2D eigenvalue weighted by molar-refractivity contribution is 5.87. The molecule has 150 valence electrons. The molecule has 0 bridgehead atoms. The molecule has 9 heteroatoms. The fraction of sp³-hybridized carbons (Fsp3) is 0.421. The SMILES string of the molecule is Cc1cc(C(F)(F)F)nn1CC(=O)N1CCC(c2cccc(C(=O)O)c2)CC1. The molecule has 0 saturated carbocycles. The van der Waals surface area contributed by atoms with Gasteiger partial charge in [-0.25, -0.2) is 4.79 Å². The molecule has 1 aromatic heterocycles. The van der Waals surface area contributed by atoms with Crippen LogP contribution in [0.5, 0.6) is 0 Å². The Bertz CT molecular complexity index is 884. The summed E-state index contributed by atoms with van der Waals surface area (Å²) in [7, 11) is 0. The molecule has 1 N–H and O–H groups in total. The molecule has 2 aromatic rings. The number of halogens is 3. The summed E-state index contributed by atoms with van der Waals surface area (Å²) in [5.41, 5.74) is 0.422. The van der Waals surface area contributed by atoms with Crippen molar-refractivity contribution in [2.24, 2.45) is 0 Å². The molecule has 0 unspecified atom stereocenters. The molecule has 1 saturated heterocycles. The van der Waals surface area contributed by atoms with Gasteiger partial charge in [-0.3, -0.25) is 9.48 Å². The van der Waals surface area contributed by atoms with E-state index in [9.17, 15) is 22.8 Å². The van der Waals surface area contributed by atoms with E-state index in [4.69, 9.17) is 5.11 Å². The van der Waals surface area contributed by atoms with E-state index in [0.717, 1.165) is 16.3 Å². The van der Waals surface area contributed by atoms with Crippen molar-refractivity contribution >= 4 is 11.9 Å². The van der Waals surface area contributed by atoms with Crippen LogP contribution in [0.2, 0.25) is 0 Å². The first-order chi connectivity index (χ1) is 13.1. The summed E-state index contributed by atoms with van der Waals surface area (Å²) in [6, 6.07) is 7.69. The predicted molar refractivity (Wildman–Crippen MR) is 93.9 cm³/mol. The van der Waals surface area contributed by atoms with Gasteiger partial charge in [0, 0.05) is 18.8 Å². The number of carboxylic acid groups (broad SMARTS) is 1. The summed E-state index contributed by atoms with van der Waals surface area (Å²) in [6.07, 6.45) is -3.21. The van der Waals surface area contributed by atoms with Crippen molar-refractivity contribution in [3.63, 3.8) is 0 Å². The third-order valence-electron chi connectivity index (χ3n) is 5.01. The highest BCUT2D eigenvalue weighted by Crippen LogP contribution is 2.30. The number of aryl methyl sites for hydroxylation is 1. The second kappa shape index (κ2) is 7.65. The molecule has 3 rings (SSSR count). The monoisotopic (exact) mass is 395 g/mol. The van der Waals surface area contributed by atoms with Gasteiger partial charge in [0.2, 0.25) is 5.91 Å². The Balaban J connectivity index is 1.61. The van der Waals surface area contributed by atoms with Gasteiger partial charge < -0.3 is 10.0 Å². The summed E-state index contributed by atoms with van der Waals surface area (Å²) >= 11 is 0. The third-order valence-corrected chi connectivity index (χ3v) is 5.01. The summed E-state index contributed by atoms with van der Waals surface area (Å²) < 4.78 is 39.3. The van der Waals surface area contributed by atoms with Gasteiger partial charge >= 0.3 is 12.1 Å². The van der Waals surface area contributed by atoms with Crippen LogP contribution in [0, 0.1) is 6.92 Å². The molecule has 1 aliphatic heterocycles. The summed E-state index contributed by atoms with van der Waals surface area (Å²) in [4.78, 5) is 25.2. The second-order valence-electron chi connectivity index (χ2n) is 6.91. The number of benzene rings is 1. The first-order valence-corrected chi connectivity index (χ1v) is 8.88. The van der Waals surface area contributed by atoms with Crippen LogP contribution in [0.1, 0.15) is 46.1 Å². The molecule has 0 radical (unpaired) electrons. The maximum absolute atomic E-state index is 12.7.